The molecule has 2 aromatic rings. The summed E-state index contributed by atoms with van der Waals surface area (Å²) in [6, 6.07) is 6.46. The zero-order chi connectivity index (χ0) is 22.2. The number of ether oxygens (including phenoxy) is 1. The SMILES string of the molecule is CCc1ncc(Nc2cc([C@H](CC)CC(=O)O)ccc2[C@H](CC)C2CCOCC2)cn1. The average molecular weight is 426 g/mol. The number of hydrogen-bond donors (Lipinski definition) is 2. The zero-order valence-electron chi connectivity index (χ0n) is 18.9. The number of benzene rings is 1. The van der Waals surface area contributed by atoms with E-state index in [9.17, 15) is 9.90 Å². The molecule has 1 saturated heterocycles. The maximum Gasteiger partial charge on any atom is 0.303 e. The maximum absolute atomic E-state index is 11.4. The van der Waals surface area contributed by atoms with Gasteiger partial charge in [-0.05, 0) is 60.6 Å². The van der Waals surface area contributed by atoms with Gasteiger partial charge in [0.15, 0.2) is 0 Å². The molecular weight excluding hydrogens is 390 g/mol. The lowest BCUT2D eigenvalue weighted by Crippen LogP contribution is -2.22. The highest BCUT2D eigenvalue weighted by Crippen LogP contribution is 2.40. The van der Waals surface area contributed by atoms with Crippen molar-refractivity contribution in [2.45, 2.75) is 71.1 Å². The Morgan fingerprint density at radius 2 is 1.87 bits per heavy atom. The summed E-state index contributed by atoms with van der Waals surface area (Å²) in [5.74, 6) is 1.07. The Balaban J connectivity index is 1.97. The lowest BCUT2D eigenvalue weighted by molar-refractivity contribution is -0.137. The summed E-state index contributed by atoms with van der Waals surface area (Å²) in [5.41, 5.74) is 4.23. The molecule has 1 aromatic heterocycles. The first-order chi connectivity index (χ1) is 15.0. The molecule has 1 aromatic carbocycles. The minimum Gasteiger partial charge on any atom is -0.481 e. The molecule has 2 atom stereocenters. The second-order valence-corrected chi connectivity index (χ2v) is 8.38. The standard InChI is InChI=1S/C25H35N3O3/c1-4-17(14-25(29)30)19-7-8-22(21(5-2)18-9-11-31-12-10-18)23(13-19)28-20-15-26-24(6-3)27-16-20/h7-8,13,15-18,21,28H,4-6,9-12,14H2,1-3H3,(H,29,30)/t17-,21-/m1/s1. The second-order valence-electron chi connectivity index (χ2n) is 8.38. The van der Waals surface area contributed by atoms with E-state index in [2.05, 4.69) is 40.4 Å². The van der Waals surface area contributed by atoms with Crippen LogP contribution >= 0.6 is 0 Å². The van der Waals surface area contributed by atoms with Crippen LogP contribution in [0.3, 0.4) is 0 Å². The van der Waals surface area contributed by atoms with Crippen molar-refractivity contribution in [2.24, 2.45) is 5.92 Å². The highest BCUT2D eigenvalue weighted by Gasteiger charge is 2.27. The topological polar surface area (TPSA) is 84.3 Å². The summed E-state index contributed by atoms with van der Waals surface area (Å²) in [6.45, 7) is 7.98. The smallest absolute Gasteiger partial charge is 0.303 e. The van der Waals surface area contributed by atoms with Crippen molar-refractivity contribution in [1.82, 2.24) is 9.97 Å². The van der Waals surface area contributed by atoms with E-state index in [-0.39, 0.29) is 12.3 Å². The van der Waals surface area contributed by atoms with Crippen LogP contribution in [-0.2, 0) is 16.0 Å². The molecule has 1 aliphatic heterocycles. The van der Waals surface area contributed by atoms with Gasteiger partial charge in [-0.1, -0.05) is 32.9 Å². The van der Waals surface area contributed by atoms with Gasteiger partial charge in [-0.15, -0.1) is 0 Å². The molecule has 3 rings (SSSR count). The van der Waals surface area contributed by atoms with Crippen LogP contribution in [0.4, 0.5) is 11.4 Å². The van der Waals surface area contributed by atoms with E-state index >= 15 is 0 Å². The molecule has 0 unspecified atom stereocenters. The van der Waals surface area contributed by atoms with Crippen molar-refractivity contribution in [1.29, 1.82) is 0 Å². The van der Waals surface area contributed by atoms with Crippen LogP contribution in [0.2, 0.25) is 0 Å². The molecular formula is C25H35N3O3. The third kappa shape index (κ3) is 6.03. The summed E-state index contributed by atoms with van der Waals surface area (Å²) < 4.78 is 5.59. The molecule has 2 heterocycles. The number of carbonyl (C=O) groups is 1. The Hall–Kier alpha value is -2.47. The lowest BCUT2D eigenvalue weighted by atomic mass is 9.78. The minimum absolute atomic E-state index is 0.00558. The van der Waals surface area contributed by atoms with Gasteiger partial charge in [0, 0.05) is 25.3 Å². The van der Waals surface area contributed by atoms with Crippen molar-refractivity contribution in [2.75, 3.05) is 18.5 Å². The molecule has 6 heteroatoms. The van der Waals surface area contributed by atoms with Crippen LogP contribution in [0.15, 0.2) is 30.6 Å². The third-order valence-corrected chi connectivity index (χ3v) is 6.44. The number of aromatic nitrogens is 2. The van der Waals surface area contributed by atoms with Gasteiger partial charge in [0.05, 0.1) is 24.5 Å². The number of hydrogen-bond acceptors (Lipinski definition) is 5. The molecule has 0 spiro atoms. The Labute approximate surface area is 185 Å². The van der Waals surface area contributed by atoms with Crippen LogP contribution in [0.25, 0.3) is 0 Å². The number of aryl methyl sites for hydroxylation is 1. The summed E-state index contributed by atoms with van der Waals surface area (Å²) in [6.07, 6.45) is 8.58. The molecule has 0 radical (unpaired) electrons. The Kier molecular flexibility index (Phi) is 8.41. The van der Waals surface area contributed by atoms with Crippen molar-refractivity contribution in [3.8, 4) is 0 Å². The number of anilines is 2. The number of nitrogens with one attached hydrogen (secondary N) is 1. The van der Waals surface area contributed by atoms with Crippen LogP contribution in [0, 0.1) is 5.92 Å². The van der Waals surface area contributed by atoms with Gasteiger partial charge in [0.1, 0.15) is 5.82 Å². The van der Waals surface area contributed by atoms with Gasteiger partial charge < -0.3 is 15.2 Å². The average Bonchev–Trinajstić information content (AvgIpc) is 2.80. The lowest BCUT2D eigenvalue weighted by Gasteiger charge is -2.32. The van der Waals surface area contributed by atoms with E-state index in [0.29, 0.717) is 11.8 Å². The molecule has 0 aliphatic carbocycles. The van der Waals surface area contributed by atoms with Gasteiger partial charge in [0.2, 0.25) is 0 Å². The van der Waals surface area contributed by atoms with Crippen LogP contribution in [-0.4, -0.2) is 34.3 Å². The van der Waals surface area contributed by atoms with Crippen molar-refractivity contribution < 1.29 is 14.6 Å². The minimum atomic E-state index is -0.761. The Bertz CT molecular complexity index is 848. The van der Waals surface area contributed by atoms with E-state index in [4.69, 9.17) is 4.74 Å². The normalized spacial score (nSPS) is 16.6. The van der Waals surface area contributed by atoms with E-state index in [1.54, 1.807) is 0 Å². The molecule has 6 nitrogen and oxygen atoms in total. The third-order valence-electron chi connectivity index (χ3n) is 6.44. The second kappa shape index (κ2) is 11.2. The van der Waals surface area contributed by atoms with Crippen LogP contribution < -0.4 is 5.32 Å². The van der Waals surface area contributed by atoms with Crippen molar-refractivity contribution in [3.63, 3.8) is 0 Å². The van der Waals surface area contributed by atoms with Gasteiger partial charge >= 0.3 is 5.97 Å². The van der Waals surface area contributed by atoms with E-state index in [1.807, 2.05) is 26.2 Å². The van der Waals surface area contributed by atoms with Gasteiger partial charge in [-0.2, -0.15) is 0 Å². The first-order valence-corrected chi connectivity index (χ1v) is 11.6. The fraction of sp³-hybridized carbons (Fsp3) is 0.560. The van der Waals surface area contributed by atoms with Gasteiger partial charge in [-0.25, -0.2) is 9.97 Å². The molecule has 1 fully saturated rings. The largest absolute Gasteiger partial charge is 0.481 e. The molecule has 0 saturated carbocycles. The van der Waals surface area contributed by atoms with Crippen molar-refractivity contribution in [3.05, 3.63) is 47.5 Å². The predicted molar refractivity (Wildman–Crippen MR) is 123 cm³/mol. The van der Waals surface area contributed by atoms with E-state index in [0.717, 1.165) is 68.1 Å². The van der Waals surface area contributed by atoms with Crippen LogP contribution in [0.1, 0.15) is 81.7 Å². The highest BCUT2D eigenvalue weighted by atomic mass is 16.5. The first kappa shape index (κ1) is 23.2. The molecule has 168 valence electrons. The Morgan fingerprint density at radius 1 is 1.16 bits per heavy atom. The molecule has 31 heavy (non-hydrogen) atoms. The molecule has 0 amide bonds. The predicted octanol–water partition coefficient (Wildman–Crippen LogP) is 5.67. The van der Waals surface area contributed by atoms with E-state index in [1.165, 1.54) is 5.56 Å². The number of aliphatic carboxylic acids is 1. The summed E-state index contributed by atoms with van der Waals surface area (Å²) in [7, 11) is 0. The number of nitrogens with zero attached hydrogens (tertiary/aromatic N) is 2. The fourth-order valence-electron chi connectivity index (χ4n) is 4.65. The summed E-state index contributed by atoms with van der Waals surface area (Å²) >= 11 is 0. The number of rotatable bonds is 10. The molecule has 0 bridgehead atoms. The number of carboxylic acid groups (broad SMARTS) is 1. The van der Waals surface area contributed by atoms with Crippen LogP contribution in [0.5, 0.6) is 0 Å². The number of carboxylic acids is 1. The maximum atomic E-state index is 11.4. The fourth-order valence-corrected chi connectivity index (χ4v) is 4.65. The first-order valence-electron chi connectivity index (χ1n) is 11.6. The summed E-state index contributed by atoms with van der Waals surface area (Å²) in [4.78, 5) is 20.2. The Morgan fingerprint density at radius 3 is 2.45 bits per heavy atom. The van der Waals surface area contributed by atoms with Gasteiger partial charge in [0.25, 0.3) is 0 Å². The molecule has 1 aliphatic rings. The van der Waals surface area contributed by atoms with Crippen molar-refractivity contribution >= 4 is 17.3 Å². The monoisotopic (exact) mass is 425 g/mol. The highest BCUT2D eigenvalue weighted by molar-refractivity contribution is 5.69. The van der Waals surface area contributed by atoms with E-state index < -0.39 is 5.97 Å². The van der Waals surface area contributed by atoms with Gasteiger partial charge in [-0.3, -0.25) is 4.79 Å². The summed E-state index contributed by atoms with van der Waals surface area (Å²) in [5, 5.41) is 12.9. The zero-order valence-corrected chi connectivity index (χ0v) is 18.9. The molecule has 2 N–H and O–H groups in total. The quantitative estimate of drug-likeness (QED) is 0.510.